The highest BCUT2D eigenvalue weighted by Crippen LogP contribution is 2.25. The summed E-state index contributed by atoms with van der Waals surface area (Å²) in [7, 11) is 1.87. The molecule has 2 amide bonds. The van der Waals surface area contributed by atoms with Gasteiger partial charge in [-0.1, -0.05) is 0 Å². The largest absolute Gasteiger partial charge is 0.338 e. The molecular formula is C19H26N4O2S2. The number of nitrogens with zero attached hydrogens (tertiary/aromatic N) is 4. The molecule has 146 valence electrons. The fourth-order valence-corrected chi connectivity index (χ4v) is 5.39. The highest BCUT2D eigenvalue weighted by molar-refractivity contribution is 7.14. The Hall–Kier alpha value is -1.80. The third kappa shape index (κ3) is 4.21. The number of hydrogen-bond donors (Lipinski definition) is 0. The van der Waals surface area contributed by atoms with Gasteiger partial charge in [-0.05, 0) is 47.0 Å². The van der Waals surface area contributed by atoms with Crippen LogP contribution in [0.5, 0.6) is 0 Å². The van der Waals surface area contributed by atoms with Gasteiger partial charge in [0.15, 0.2) is 0 Å². The molecule has 1 aliphatic rings. The van der Waals surface area contributed by atoms with E-state index in [2.05, 4.69) is 9.97 Å². The van der Waals surface area contributed by atoms with Crippen LogP contribution in [0.3, 0.4) is 0 Å². The maximum atomic E-state index is 12.9. The molecule has 27 heavy (non-hydrogen) atoms. The lowest BCUT2D eigenvalue weighted by Crippen LogP contribution is -2.38. The summed E-state index contributed by atoms with van der Waals surface area (Å²) in [6.07, 6.45) is 2.59. The fourth-order valence-electron chi connectivity index (χ4n) is 3.60. The Morgan fingerprint density at radius 1 is 0.963 bits per heavy atom. The van der Waals surface area contributed by atoms with Crippen molar-refractivity contribution >= 4 is 34.5 Å². The molecule has 0 aliphatic carbocycles. The average molecular weight is 407 g/mol. The monoisotopic (exact) mass is 406 g/mol. The molecule has 0 unspecified atom stereocenters. The molecule has 2 aromatic heterocycles. The lowest BCUT2D eigenvalue weighted by Gasteiger charge is -2.27. The lowest BCUT2D eigenvalue weighted by molar-refractivity contribution is 0.0714. The van der Waals surface area contributed by atoms with Crippen molar-refractivity contribution in [1.29, 1.82) is 0 Å². The van der Waals surface area contributed by atoms with E-state index in [1.807, 2.05) is 44.5 Å². The molecule has 0 spiro atoms. The topological polar surface area (TPSA) is 66.4 Å². The molecule has 0 saturated carbocycles. The van der Waals surface area contributed by atoms with Gasteiger partial charge in [0.25, 0.3) is 11.8 Å². The maximum absolute atomic E-state index is 12.9. The maximum Gasteiger partial charge on any atom is 0.265 e. The van der Waals surface area contributed by atoms with Crippen molar-refractivity contribution in [3.05, 3.63) is 31.2 Å². The Balaban J connectivity index is 1.67. The highest BCUT2D eigenvalue weighted by Gasteiger charge is 2.29. The van der Waals surface area contributed by atoms with E-state index in [4.69, 9.17) is 0 Å². The summed E-state index contributed by atoms with van der Waals surface area (Å²) in [5.41, 5.74) is 1.61. The van der Waals surface area contributed by atoms with Gasteiger partial charge in [0.05, 0.1) is 21.4 Å². The van der Waals surface area contributed by atoms with E-state index in [-0.39, 0.29) is 17.9 Å². The van der Waals surface area contributed by atoms with Crippen LogP contribution in [-0.4, -0.2) is 57.8 Å². The molecule has 0 radical (unpaired) electrons. The van der Waals surface area contributed by atoms with Gasteiger partial charge in [0.1, 0.15) is 9.75 Å². The zero-order valence-corrected chi connectivity index (χ0v) is 18.2. The second kappa shape index (κ2) is 8.06. The van der Waals surface area contributed by atoms with E-state index in [1.54, 1.807) is 0 Å². The van der Waals surface area contributed by atoms with Crippen LogP contribution < -0.4 is 0 Å². The molecule has 8 heteroatoms. The smallest absolute Gasteiger partial charge is 0.265 e. The average Bonchev–Trinajstić information content (AvgIpc) is 3.02. The number of likely N-dealkylation sites (tertiary alicyclic amines) is 1. The summed E-state index contributed by atoms with van der Waals surface area (Å²) >= 11 is 2.92. The van der Waals surface area contributed by atoms with Crippen LogP contribution in [-0.2, 0) is 0 Å². The Morgan fingerprint density at radius 3 is 2.11 bits per heavy atom. The van der Waals surface area contributed by atoms with E-state index in [0.29, 0.717) is 6.54 Å². The summed E-state index contributed by atoms with van der Waals surface area (Å²) in [5.74, 6) is 0.110. The fraction of sp³-hybridized carbons (Fsp3) is 0.579. The summed E-state index contributed by atoms with van der Waals surface area (Å²) in [6.45, 7) is 9.02. The third-order valence-corrected chi connectivity index (χ3v) is 7.17. The first-order chi connectivity index (χ1) is 12.8. The number of hydrogen-bond acceptors (Lipinski definition) is 6. The van der Waals surface area contributed by atoms with Crippen LogP contribution >= 0.6 is 22.7 Å². The molecule has 6 nitrogen and oxygen atoms in total. The van der Waals surface area contributed by atoms with Crippen molar-refractivity contribution in [2.75, 3.05) is 20.1 Å². The standard InChI is InChI=1S/C19H26N4O2S2/c1-11-16(26-13(3)20-11)18(24)22(5)15-7-6-9-23(10-8-15)19(25)17-12(2)21-14(4)27-17/h15H,6-10H2,1-5H3/t15-/m1/s1. The Kier molecular flexibility index (Phi) is 5.95. The van der Waals surface area contributed by atoms with Crippen molar-refractivity contribution in [3.8, 4) is 0 Å². The van der Waals surface area contributed by atoms with E-state index in [1.165, 1.54) is 22.7 Å². The number of rotatable bonds is 3. The SMILES string of the molecule is Cc1nc(C)c(C(=O)N2CCC[C@@H](N(C)C(=O)c3sc(C)nc3C)CC2)s1. The van der Waals surface area contributed by atoms with E-state index in [9.17, 15) is 9.59 Å². The first-order valence-corrected chi connectivity index (χ1v) is 10.9. The lowest BCUT2D eigenvalue weighted by atomic mass is 10.1. The minimum Gasteiger partial charge on any atom is -0.338 e. The molecule has 1 fully saturated rings. The second-order valence-electron chi connectivity index (χ2n) is 7.09. The predicted octanol–water partition coefficient (Wildman–Crippen LogP) is 3.60. The number of thiazole rings is 2. The van der Waals surface area contributed by atoms with Gasteiger partial charge < -0.3 is 9.80 Å². The normalized spacial score (nSPS) is 17.7. The van der Waals surface area contributed by atoms with Gasteiger partial charge in [-0.25, -0.2) is 9.97 Å². The first kappa shape index (κ1) is 19.9. The number of carbonyl (C=O) groups is 2. The van der Waals surface area contributed by atoms with Gasteiger partial charge in [0.2, 0.25) is 0 Å². The third-order valence-electron chi connectivity index (χ3n) is 5.05. The van der Waals surface area contributed by atoms with Crippen molar-refractivity contribution in [2.24, 2.45) is 0 Å². The summed E-state index contributed by atoms with van der Waals surface area (Å²) in [5, 5.41) is 1.83. The number of amides is 2. The number of aryl methyl sites for hydroxylation is 4. The van der Waals surface area contributed by atoms with E-state index in [0.717, 1.165) is 57.0 Å². The molecule has 2 aromatic rings. The van der Waals surface area contributed by atoms with Crippen LogP contribution in [0, 0.1) is 27.7 Å². The molecule has 1 saturated heterocycles. The van der Waals surface area contributed by atoms with Gasteiger partial charge in [-0.3, -0.25) is 9.59 Å². The second-order valence-corrected chi connectivity index (χ2v) is 9.49. The van der Waals surface area contributed by atoms with Crippen molar-refractivity contribution in [2.45, 2.75) is 53.0 Å². The van der Waals surface area contributed by atoms with Crippen molar-refractivity contribution in [1.82, 2.24) is 19.8 Å². The molecule has 0 bridgehead atoms. The number of carbonyl (C=O) groups excluding carboxylic acids is 2. The molecule has 0 N–H and O–H groups in total. The van der Waals surface area contributed by atoms with Gasteiger partial charge in [-0.15, -0.1) is 22.7 Å². The van der Waals surface area contributed by atoms with Crippen LogP contribution in [0.4, 0.5) is 0 Å². The minimum atomic E-state index is 0.0387. The highest BCUT2D eigenvalue weighted by atomic mass is 32.1. The minimum absolute atomic E-state index is 0.0387. The van der Waals surface area contributed by atoms with Crippen molar-refractivity contribution < 1.29 is 9.59 Å². The van der Waals surface area contributed by atoms with Crippen LogP contribution in [0.2, 0.25) is 0 Å². The van der Waals surface area contributed by atoms with E-state index >= 15 is 0 Å². The Bertz CT molecular complexity index is 858. The van der Waals surface area contributed by atoms with Crippen LogP contribution in [0.25, 0.3) is 0 Å². The molecular weight excluding hydrogens is 380 g/mol. The zero-order chi connectivity index (χ0) is 19.7. The summed E-state index contributed by atoms with van der Waals surface area (Å²) < 4.78 is 0. The van der Waals surface area contributed by atoms with E-state index < -0.39 is 0 Å². The number of aromatic nitrogens is 2. The zero-order valence-electron chi connectivity index (χ0n) is 16.5. The Labute approximate surface area is 168 Å². The Morgan fingerprint density at radius 2 is 1.56 bits per heavy atom. The molecule has 3 rings (SSSR count). The van der Waals surface area contributed by atoms with Gasteiger partial charge in [-0.2, -0.15) is 0 Å². The molecule has 1 atom stereocenters. The van der Waals surface area contributed by atoms with Gasteiger partial charge >= 0.3 is 0 Å². The summed E-state index contributed by atoms with van der Waals surface area (Å²) in [4.78, 5) is 39.7. The van der Waals surface area contributed by atoms with Crippen LogP contribution in [0.1, 0.15) is 60.0 Å². The molecule has 3 heterocycles. The molecule has 1 aliphatic heterocycles. The van der Waals surface area contributed by atoms with Crippen LogP contribution in [0.15, 0.2) is 0 Å². The quantitative estimate of drug-likeness (QED) is 0.781. The van der Waals surface area contributed by atoms with Crippen molar-refractivity contribution in [3.63, 3.8) is 0 Å². The summed E-state index contributed by atoms with van der Waals surface area (Å²) in [6, 6.07) is 0.140. The molecule has 0 aromatic carbocycles. The first-order valence-electron chi connectivity index (χ1n) is 9.22. The van der Waals surface area contributed by atoms with Gasteiger partial charge in [0, 0.05) is 26.2 Å². The predicted molar refractivity (Wildman–Crippen MR) is 109 cm³/mol.